The first-order valence-electron chi connectivity index (χ1n) is 8.23. The van der Waals surface area contributed by atoms with Crippen LogP contribution in [-0.4, -0.2) is 10.9 Å². The normalized spacial score (nSPS) is 10.9. The van der Waals surface area contributed by atoms with Crippen LogP contribution in [-0.2, 0) is 0 Å². The number of carbonyl (C=O) groups is 1. The molecule has 0 fully saturated rings. The standard InChI is InChI=1S/C21H14Cl2N2O2/c1-12-5-6-13(10-17(12)23)20(26)24-16-7-8-19-18(11-16)25-21(27-19)14-3-2-4-15(22)9-14/h2-11H,1H3,(H,24,26). The largest absolute Gasteiger partial charge is 0.436 e. The Morgan fingerprint density at radius 3 is 2.67 bits per heavy atom. The Kier molecular flexibility index (Phi) is 4.60. The lowest BCUT2D eigenvalue weighted by Crippen LogP contribution is -2.11. The first-order valence-corrected chi connectivity index (χ1v) is 8.99. The zero-order valence-electron chi connectivity index (χ0n) is 14.3. The van der Waals surface area contributed by atoms with Crippen molar-refractivity contribution in [1.82, 2.24) is 4.98 Å². The molecule has 4 nitrogen and oxygen atoms in total. The molecule has 1 heterocycles. The molecular formula is C21H14Cl2N2O2. The van der Waals surface area contributed by atoms with E-state index in [0.29, 0.717) is 38.3 Å². The van der Waals surface area contributed by atoms with Gasteiger partial charge in [0, 0.05) is 26.9 Å². The van der Waals surface area contributed by atoms with E-state index in [1.54, 1.807) is 42.5 Å². The van der Waals surface area contributed by atoms with E-state index < -0.39 is 0 Å². The number of carbonyl (C=O) groups excluding carboxylic acids is 1. The van der Waals surface area contributed by atoms with Crippen molar-refractivity contribution in [2.45, 2.75) is 6.92 Å². The molecule has 4 aromatic rings. The molecule has 0 aliphatic heterocycles. The Bertz CT molecular complexity index is 1170. The lowest BCUT2D eigenvalue weighted by molar-refractivity contribution is 0.102. The minimum absolute atomic E-state index is 0.241. The molecule has 134 valence electrons. The smallest absolute Gasteiger partial charge is 0.255 e. The molecule has 3 aromatic carbocycles. The van der Waals surface area contributed by atoms with E-state index in [9.17, 15) is 4.79 Å². The maximum absolute atomic E-state index is 12.4. The second-order valence-corrected chi connectivity index (χ2v) is 6.97. The van der Waals surface area contributed by atoms with Gasteiger partial charge in [0.05, 0.1) is 0 Å². The van der Waals surface area contributed by atoms with Gasteiger partial charge in [0.15, 0.2) is 5.58 Å². The first kappa shape index (κ1) is 17.6. The van der Waals surface area contributed by atoms with Crippen LogP contribution in [0.4, 0.5) is 5.69 Å². The molecule has 0 atom stereocenters. The first-order chi connectivity index (χ1) is 13.0. The zero-order valence-corrected chi connectivity index (χ0v) is 15.8. The molecule has 4 rings (SSSR count). The van der Waals surface area contributed by atoms with Crippen molar-refractivity contribution < 1.29 is 9.21 Å². The Balaban J connectivity index is 1.61. The highest BCUT2D eigenvalue weighted by atomic mass is 35.5. The fourth-order valence-electron chi connectivity index (χ4n) is 2.69. The minimum Gasteiger partial charge on any atom is -0.436 e. The summed E-state index contributed by atoms with van der Waals surface area (Å²) >= 11 is 12.1. The highest BCUT2D eigenvalue weighted by molar-refractivity contribution is 6.32. The third-order valence-corrected chi connectivity index (χ3v) is 4.79. The van der Waals surface area contributed by atoms with E-state index in [4.69, 9.17) is 27.6 Å². The molecule has 0 aliphatic rings. The summed E-state index contributed by atoms with van der Waals surface area (Å²) in [7, 11) is 0. The van der Waals surface area contributed by atoms with Gasteiger partial charge in [-0.15, -0.1) is 0 Å². The number of benzene rings is 3. The highest BCUT2D eigenvalue weighted by Crippen LogP contribution is 2.28. The molecule has 0 saturated carbocycles. The number of oxazole rings is 1. The number of aromatic nitrogens is 1. The van der Waals surface area contributed by atoms with Gasteiger partial charge in [-0.3, -0.25) is 4.79 Å². The average molecular weight is 397 g/mol. The quantitative estimate of drug-likeness (QED) is 0.438. The number of anilines is 1. The van der Waals surface area contributed by atoms with Crippen molar-refractivity contribution in [2.24, 2.45) is 0 Å². The van der Waals surface area contributed by atoms with Gasteiger partial charge in [-0.2, -0.15) is 0 Å². The Morgan fingerprint density at radius 2 is 1.89 bits per heavy atom. The molecule has 0 aliphatic carbocycles. The molecule has 1 N–H and O–H groups in total. The number of rotatable bonds is 3. The second-order valence-electron chi connectivity index (χ2n) is 6.13. The fourth-order valence-corrected chi connectivity index (χ4v) is 3.06. The molecule has 0 radical (unpaired) electrons. The number of nitrogens with zero attached hydrogens (tertiary/aromatic N) is 1. The molecule has 27 heavy (non-hydrogen) atoms. The van der Waals surface area contributed by atoms with Gasteiger partial charge in [-0.05, 0) is 61.0 Å². The summed E-state index contributed by atoms with van der Waals surface area (Å²) in [6.07, 6.45) is 0. The van der Waals surface area contributed by atoms with Gasteiger partial charge in [0.1, 0.15) is 5.52 Å². The van der Waals surface area contributed by atoms with Gasteiger partial charge in [-0.25, -0.2) is 4.98 Å². The minimum atomic E-state index is -0.241. The van der Waals surface area contributed by atoms with E-state index in [2.05, 4.69) is 10.3 Å². The van der Waals surface area contributed by atoms with E-state index in [1.165, 1.54) is 0 Å². The predicted octanol–water partition coefficient (Wildman–Crippen LogP) is 6.36. The Hall–Kier alpha value is -2.82. The third kappa shape index (κ3) is 3.68. The van der Waals surface area contributed by atoms with E-state index >= 15 is 0 Å². The summed E-state index contributed by atoms with van der Waals surface area (Å²) in [5, 5.41) is 4.02. The van der Waals surface area contributed by atoms with E-state index in [-0.39, 0.29) is 5.91 Å². The van der Waals surface area contributed by atoms with Crippen LogP contribution in [0.3, 0.4) is 0 Å². The number of fused-ring (bicyclic) bond motifs is 1. The second kappa shape index (κ2) is 7.06. The summed E-state index contributed by atoms with van der Waals surface area (Å²) < 4.78 is 5.78. The maximum atomic E-state index is 12.4. The number of halogens is 2. The Labute approximate surface area is 165 Å². The average Bonchev–Trinajstić information content (AvgIpc) is 3.07. The molecule has 1 amide bonds. The summed E-state index contributed by atoms with van der Waals surface area (Å²) in [6, 6.07) is 17.8. The van der Waals surface area contributed by atoms with Crippen molar-refractivity contribution >= 4 is 45.9 Å². The molecular weight excluding hydrogens is 383 g/mol. The SMILES string of the molecule is Cc1ccc(C(=O)Nc2ccc3oc(-c4cccc(Cl)c4)nc3c2)cc1Cl. The lowest BCUT2D eigenvalue weighted by atomic mass is 10.1. The van der Waals surface area contributed by atoms with Gasteiger partial charge in [0.2, 0.25) is 5.89 Å². The lowest BCUT2D eigenvalue weighted by Gasteiger charge is -2.06. The molecule has 0 bridgehead atoms. The van der Waals surface area contributed by atoms with Crippen LogP contribution in [0.25, 0.3) is 22.6 Å². The third-order valence-electron chi connectivity index (χ3n) is 4.15. The van der Waals surface area contributed by atoms with Crippen molar-refractivity contribution in [3.63, 3.8) is 0 Å². The van der Waals surface area contributed by atoms with Crippen molar-refractivity contribution in [2.75, 3.05) is 5.32 Å². The number of amides is 1. The number of aryl methyl sites for hydroxylation is 1. The van der Waals surface area contributed by atoms with Crippen molar-refractivity contribution in [3.8, 4) is 11.5 Å². The molecule has 1 aromatic heterocycles. The summed E-state index contributed by atoms with van der Waals surface area (Å²) in [5.74, 6) is 0.233. The Morgan fingerprint density at radius 1 is 1.04 bits per heavy atom. The monoisotopic (exact) mass is 396 g/mol. The zero-order chi connectivity index (χ0) is 19.0. The highest BCUT2D eigenvalue weighted by Gasteiger charge is 2.12. The summed E-state index contributed by atoms with van der Waals surface area (Å²) in [4.78, 5) is 16.9. The van der Waals surface area contributed by atoms with Crippen LogP contribution >= 0.6 is 23.2 Å². The van der Waals surface area contributed by atoms with Gasteiger partial charge >= 0.3 is 0 Å². The topological polar surface area (TPSA) is 55.1 Å². The van der Waals surface area contributed by atoms with Crippen LogP contribution in [0.5, 0.6) is 0 Å². The van der Waals surface area contributed by atoms with Crippen LogP contribution in [0.15, 0.2) is 65.1 Å². The summed E-state index contributed by atoms with van der Waals surface area (Å²) in [6.45, 7) is 1.89. The predicted molar refractivity (Wildman–Crippen MR) is 109 cm³/mol. The number of hydrogen-bond donors (Lipinski definition) is 1. The molecule has 0 spiro atoms. The van der Waals surface area contributed by atoms with E-state index in [1.807, 2.05) is 25.1 Å². The molecule has 0 unspecified atom stereocenters. The number of nitrogens with one attached hydrogen (secondary N) is 1. The van der Waals surface area contributed by atoms with Crippen LogP contribution in [0, 0.1) is 6.92 Å². The summed E-state index contributed by atoms with van der Waals surface area (Å²) in [5.41, 5.74) is 4.09. The van der Waals surface area contributed by atoms with Crippen LogP contribution in [0.2, 0.25) is 10.0 Å². The number of hydrogen-bond acceptors (Lipinski definition) is 3. The van der Waals surface area contributed by atoms with Gasteiger partial charge in [0.25, 0.3) is 5.91 Å². The molecule has 0 saturated heterocycles. The van der Waals surface area contributed by atoms with Crippen LogP contribution < -0.4 is 5.32 Å². The van der Waals surface area contributed by atoms with Crippen LogP contribution in [0.1, 0.15) is 15.9 Å². The molecule has 6 heteroatoms. The van der Waals surface area contributed by atoms with Gasteiger partial charge < -0.3 is 9.73 Å². The van der Waals surface area contributed by atoms with Crippen molar-refractivity contribution in [3.05, 3.63) is 81.8 Å². The fraction of sp³-hybridized carbons (Fsp3) is 0.0476. The van der Waals surface area contributed by atoms with Gasteiger partial charge in [-0.1, -0.05) is 35.3 Å². The van der Waals surface area contributed by atoms with E-state index in [0.717, 1.165) is 11.1 Å². The maximum Gasteiger partial charge on any atom is 0.255 e. The van der Waals surface area contributed by atoms with Crippen molar-refractivity contribution in [1.29, 1.82) is 0 Å².